The molecule has 0 atom stereocenters. The Hall–Kier alpha value is -6.23. The Labute approximate surface area is 314 Å². The van der Waals surface area contributed by atoms with Crippen molar-refractivity contribution in [3.05, 3.63) is 175 Å². The molecule has 4 heteroatoms. The third-order valence-electron chi connectivity index (χ3n) is 10.2. The first kappa shape index (κ1) is 25.7. The fraction of sp³-hybridized carbons (Fsp3) is 0.0625. The fourth-order valence-corrected chi connectivity index (χ4v) is 9.08. The average molecular weight is 689 g/mol. The van der Waals surface area contributed by atoms with Gasteiger partial charge in [0.2, 0.25) is 0 Å². The molecule has 1 aliphatic carbocycles. The van der Waals surface area contributed by atoms with Gasteiger partial charge < -0.3 is 0 Å². The quantitative estimate of drug-likeness (QED) is 0.181. The van der Waals surface area contributed by atoms with Crippen LogP contribution in [0.1, 0.15) is 31.8 Å². The topological polar surface area (TPSA) is 38.7 Å². The normalized spacial score (nSPS) is 14.3. The zero-order valence-electron chi connectivity index (χ0n) is 33.5. The van der Waals surface area contributed by atoms with E-state index in [1.54, 1.807) is 0 Å². The Morgan fingerprint density at radius 1 is 0.500 bits per heavy atom. The van der Waals surface area contributed by atoms with Gasteiger partial charge in [-0.15, -0.1) is 11.3 Å². The molecule has 1 aliphatic rings. The molecule has 0 fully saturated rings. The summed E-state index contributed by atoms with van der Waals surface area (Å²) in [7, 11) is 0. The second-order valence-corrected chi connectivity index (χ2v) is 14.7. The van der Waals surface area contributed by atoms with E-state index in [4.69, 9.17) is 21.8 Å². The Kier molecular flexibility index (Phi) is 5.89. The predicted molar refractivity (Wildman–Crippen MR) is 217 cm³/mol. The lowest BCUT2D eigenvalue weighted by Crippen LogP contribution is -2.17. The number of fused-ring (bicyclic) bond motifs is 6. The minimum Gasteiger partial charge on any atom is -0.208 e. The molecule has 0 saturated heterocycles. The molecule has 52 heavy (non-hydrogen) atoms. The molecule has 0 aliphatic heterocycles. The molecule has 246 valence electrons. The molecule has 0 unspecified atom stereocenters. The van der Waals surface area contributed by atoms with Crippen molar-refractivity contribution < 1.29 is 6.85 Å². The van der Waals surface area contributed by atoms with Gasteiger partial charge >= 0.3 is 0 Å². The van der Waals surface area contributed by atoms with E-state index in [1.807, 2.05) is 78.9 Å². The lowest BCUT2D eigenvalue weighted by atomic mass is 9.80. The van der Waals surface area contributed by atoms with E-state index < -0.39 is 6.04 Å². The van der Waals surface area contributed by atoms with Crippen LogP contribution in [-0.4, -0.2) is 15.0 Å². The van der Waals surface area contributed by atoms with Gasteiger partial charge in [-0.1, -0.05) is 159 Å². The highest BCUT2D eigenvalue weighted by molar-refractivity contribution is 7.26. The second-order valence-electron chi connectivity index (χ2n) is 13.6. The zero-order chi connectivity index (χ0) is 39.2. The van der Waals surface area contributed by atoms with Gasteiger partial charge in [0.15, 0.2) is 17.5 Å². The highest BCUT2D eigenvalue weighted by Crippen LogP contribution is 2.52. The monoisotopic (exact) mass is 688 g/mol. The van der Waals surface area contributed by atoms with Crippen molar-refractivity contribution in [1.82, 2.24) is 15.0 Å². The lowest BCUT2D eigenvalue weighted by molar-refractivity contribution is 0.661. The first-order valence-electron chi connectivity index (χ1n) is 19.8. The van der Waals surface area contributed by atoms with Crippen molar-refractivity contribution in [3.63, 3.8) is 0 Å². The van der Waals surface area contributed by atoms with Crippen LogP contribution in [0.5, 0.6) is 0 Å². The summed E-state index contributed by atoms with van der Waals surface area (Å²) in [6, 6.07) is 43.4. The summed E-state index contributed by atoms with van der Waals surface area (Å²) >= 11 is 1.53. The van der Waals surface area contributed by atoms with Gasteiger partial charge in [-0.05, 0) is 57.1 Å². The molecular weight excluding hydrogens is 651 g/mol. The molecule has 0 amide bonds. The van der Waals surface area contributed by atoms with E-state index in [0.29, 0.717) is 23.0 Å². The van der Waals surface area contributed by atoms with Gasteiger partial charge in [0.05, 0.1) is 6.85 Å². The van der Waals surface area contributed by atoms with E-state index in [1.165, 1.54) is 33.6 Å². The molecule has 0 bridgehead atoms. The van der Waals surface area contributed by atoms with Gasteiger partial charge in [-0.2, -0.15) is 0 Å². The molecule has 9 aromatic rings. The maximum absolute atomic E-state index is 8.97. The van der Waals surface area contributed by atoms with Crippen LogP contribution in [-0.2, 0) is 5.41 Å². The minimum atomic E-state index is -0.418. The lowest BCUT2D eigenvalue weighted by Gasteiger charge is -2.24. The molecule has 7 aromatic carbocycles. The van der Waals surface area contributed by atoms with Gasteiger partial charge in [-0.3, -0.25) is 0 Å². The van der Waals surface area contributed by atoms with Gasteiger partial charge in [0.25, 0.3) is 0 Å². The number of hydrogen-bond acceptors (Lipinski definition) is 4. The van der Waals surface area contributed by atoms with Crippen molar-refractivity contribution in [2.45, 2.75) is 19.3 Å². The predicted octanol–water partition coefficient (Wildman–Crippen LogP) is 12.9. The highest BCUT2D eigenvalue weighted by atomic mass is 32.1. The molecule has 3 nitrogen and oxygen atoms in total. The minimum absolute atomic E-state index is 0.173. The van der Waals surface area contributed by atoms with Crippen molar-refractivity contribution in [3.8, 4) is 67.5 Å². The van der Waals surface area contributed by atoms with E-state index in [0.717, 1.165) is 48.0 Å². The van der Waals surface area contributed by atoms with Crippen LogP contribution >= 0.6 is 11.3 Å². The van der Waals surface area contributed by atoms with Gasteiger partial charge in [0, 0.05) is 47.8 Å². The van der Waals surface area contributed by atoms with Crippen LogP contribution in [0.15, 0.2) is 164 Å². The van der Waals surface area contributed by atoms with Crippen LogP contribution in [0, 0.1) is 0 Å². The van der Waals surface area contributed by atoms with Gasteiger partial charge in [0.1, 0.15) is 0 Å². The second kappa shape index (κ2) is 11.9. The van der Waals surface area contributed by atoms with Crippen molar-refractivity contribution in [1.29, 1.82) is 0 Å². The van der Waals surface area contributed by atoms with Gasteiger partial charge in [-0.25, -0.2) is 15.0 Å². The fourth-order valence-electron chi connectivity index (χ4n) is 7.85. The summed E-state index contributed by atoms with van der Waals surface area (Å²) in [5.41, 5.74) is 9.74. The van der Waals surface area contributed by atoms with Crippen LogP contribution in [0.2, 0.25) is 0 Å². The molecule has 0 spiro atoms. The first-order valence-corrected chi connectivity index (χ1v) is 18.1. The third kappa shape index (κ3) is 4.83. The number of benzene rings is 7. The van der Waals surface area contributed by atoms with E-state index >= 15 is 0 Å². The Morgan fingerprint density at radius 2 is 1.12 bits per heavy atom. The summed E-state index contributed by atoms with van der Waals surface area (Å²) < 4.78 is 45.1. The number of aromatic nitrogens is 3. The maximum atomic E-state index is 8.97. The number of nitrogens with zero attached hydrogens (tertiary/aromatic N) is 3. The smallest absolute Gasteiger partial charge is 0.164 e. The first-order chi connectivity index (χ1) is 27.6. The van der Waals surface area contributed by atoms with Crippen LogP contribution in [0.25, 0.3) is 87.7 Å². The summed E-state index contributed by atoms with van der Waals surface area (Å²) in [4.78, 5) is 15.7. The van der Waals surface area contributed by atoms with E-state index in [2.05, 4.69) is 68.4 Å². The summed E-state index contributed by atoms with van der Waals surface area (Å²) in [5.74, 6) is 1.66. The van der Waals surface area contributed by atoms with E-state index in [-0.39, 0.29) is 35.1 Å². The Balaban J connectivity index is 1.28. The number of hydrogen-bond donors (Lipinski definition) is 0. The number of thiophene rings is 1. The SMILES string of the molecule is [2H]c1c([2H])c([2H])c(-c2cc(-c3ccccc3)cc3c2sc2cccc(-c4nc(-c5ccccc5)nc(-c5cccc6c5C(C)(C)c5ccccc5-6)n4)c23)c([2H])c1[2H]. The average Bonchev–Trinajstić information content (AvgIpc) is 3.75. The summed E-state index contributed by atoms with van der Waals surface area (Å²) in [6.07, 6.45) is 0. The zero-order valence-corrected chi connectivity index (χ0v) is 29.3. The Morgan fingerprint density at radius 3 is 1.90 bits per heavy atom. The van der Waals surface area contributed by atoms with Crippen molar-refractivity contribution >= 4 is 31.5 Å². The molecule has 2 heterocycles. The van der Waals surface area contributed by atoms with Crippen LogP contribution < -0.4 is 0 Å². The van der Waals surface area contributed by atoms with E-state index in [9.17, 15) is 0 Å². The van der Waals surface area contributed by atoms with Crippen LogP contribution in [0.3, 0.4) is 0 Å². The standard InChI is InChI=1S/C48H33N3S/c1-48(2)40-26-13-12-22-34(40)35-23-14-25-37(43(35)48)47-50-45(32-20-10-5-11-21-32)49-46(51-47)36-24-15-27-41-42(36)39-29-33(30-16-6-3-7-17-30)28-38(44(39)52-41)31-18-8-4-9-19-31/h3-29H,1-2H3/i4D,8D,9D,18D,19D. The maximum Gasteiger partial charge on any atom is 0.164 e. The Bertz CT molecular complexity index is 3080. The summed E-state index contributed by atoms with van der Waals surface area (Å²) in [6.45, 7) is 4.52. The highest BCUT2D eigenvalue weighted by Gasteiger charge is 2.38. The molecular formula is C48H33N3S. The molecule has 2 aromatic heterocycles. The van der Waals surface area contributed by atoms with Crippen molar-refractivity contribution in [2.24, 2.45) is 0 Å². The van der Waals surface area contributed by atoms with Crippen LogP contribution in [0.4, 0.5) is 0 Å². The molecule has 0 radical (unpaired) electrons. The third-order valence-corrected chi connectivity index (χ3v) is 11.4. The number of rotatable bonds is 5. The molecule has 0 saturated carbocycles. The van der Waals surface area contributed by atoms with Crippen molar-refractivity contribution in [2.75, 3.05) is 0 Å². The molecule has 10 rings (SSSR count). The summed E-state index contributed by atoms with van der Waals surface area (Å²) in [5, 5.41) is 1.81. The molecule has 0 N–H and O–H groups in total. The largest absolute Gasteiger partial charge is 0.208 e.